The summed E-state index contributed by atoms with van der Waals surface area (Å²) in [7, 11) is 4.27. The average Bonchev–Trinajstić information content (AvgIpc) is 3.81. The molecule has 1 aromatic heterocycles. The van der Waals surface area contributed by atoms with E-state index in [-0.39, 0.29) is 17.8 Å². The van der Waals surface area contributed by atoms with Gasteiger partial charge in [-0.15, -0.1) is 0 Å². The molecule has 0 aliphatic carbocycles. The van der Waals surface area contributed by atoms with Gasteiger partial charge in [0.15, 0.2) is 0 Å². The molecule has 0 atom stereocenters. The van der Waals surface area contributed by atoms with Gasteiger partial charge >= 0.3 is 0 Å². The third-order valence-corrected chi connectivity index (χ3v) is 11.0. The molecule has 0 unspecified atom stereocenters. The Hall–Kier alpha value is -3.70. The van der Waals surface area contributed by atoms with Gasteiger partial charge in [-0.25, -0.2) is 9.98 Å². The minimum atomic E-state index is -0.200. The number of aliphatic imine (C=N–C) groups is 2. The van der Waals surface area contributed by atoms with Gasteiger partial charge in [-0.2, -0.15) is 0 Å². The van der Waals surface area contributed by atoms with Gasteiger partial charge in [0.25, 0.3) is 0 Å². The molecule has 0 amide bonds. The third kappa shape index (κ3) is 5.33. The lowest BCUT2D eigenvalue weighted by Crippen LogP contribution is -3.00. The summed E-state index contributed by atoms with van der Waals surface area (Å²) in [6.07, 6.45) is 14.7. The highest BCUT2D eigenvalue weighted by atomic mass is 35.5. The largest absolute Gasteiger partial charge is 1.00 e. The van der Waals surface area contributed by atoms with E-state index in [4.69, 9.17) is 9.98 Å². The van der Waals surface area contributed by atoms with E-state index in [9.17, 15) is 0 Å². The van der Waals surface area contributed by atoms with Gasteiger partial charge in [0, 0.05) is 59.9 Å². The molecule has 5 nitrogen and oxygen atoms in total. The molecular formula is C42H54ClN5. The van der Waals surface area contributed by atoms with Crippen LogP contribution in [-0.4, -0.2) is 41.1 Å². The van der Waals surface area contributed by atoms with Gasteiger partial charge < -0.3 is 22.3 Å². The molecule has 48 heavy (non-hydrogen) atoms. The summed E-state index contributed by atoms with van der Waals surface area (Å²) in [5, 5.41) is 0. The van der Waals surface area contributed by atoms with E-state index in [1.807, 2.05) is 0 Å². The molecule has 0 spiro atoms. The Labute approximate surface area is 295 Å². The Kier molecular flexibility index (Phi) is 10.4. The normalized spacial score (nSPS) is 18.5. The minimum Gasteiger partial charge on any atom is -1.00 e. The van der Waals surface area contributed by atoms with Gasteiger partial charge in [-0.3, -0.25) is 4.99 Å². The quantitative estimate of drug-likeness (QED) is 0.356. The maximum atomic E-state index is 5.72. The van der Waals surface area contributed by atoms with Crippen LogP contribution in [0, 0.1) is 0 Å². The number of rotatable bonds is 9. The first-order chi connectivity index (χ1) is 22.7. The van der Waals surface area contributed by atoms with Crippen LogP contribution >= 0.6 is 0 Å². The monoisotopic (exact) mass is 663 g/mol. The van der Waals surface area contributed by atoms with Crippen LogP contribution in [0.2, 0.25) is 0 Å². The molecule has 0 saturated heterocycles. The molecule has 254 valence electrons. The van der Waals surface area contributed by atoms with Crippen molar-refractivity contribution >= 4 is 35.0 Å². The van der Waals surface area contributed by atoms with Crippen LogP contribution in [-0.2, 0) is 18.3 Å². The Morgan fingerprint density at radius 3 is 1.94 bits per heavy atom. The molecule has 2 N–H and O–H groups in total. The summed E-state index contributed by atoms with van der Waals surface area (Å²) in [5.74, 6) is 0. The molecule has 0 saturated carbocycles. The summed E-state index contributed by atoms with van der Waals surface area (Å²) in [5.41, 5.74) is 21.0. The van der Waals surface area contributed by atoms with E-state index in [0.717, 1.165) is 74.0 Å². The molecule has 4 aliphatic heterocycles. The van der Waals surface area contributed by atoms with Crippen molar-refractivity contribution in [3.8, 4) is 0 Å². The predicted octanol–water partition coefficient (Wildman–Crippen LogP) is 5.70. The summed E-state index contributed by atoms with van der Waals surface area (Å²) < 4.78 is 0. The number of aromatic nitrogens is 1. The molecule has 0 radical (unpaired) electrons. The maximum Gasteiger partial charge on any atom is 0.218 e. The first kappa shape index (κ1) is 35.6. The fourth-order valence-electron chi connectivity index (χ4n) is 8.75. The molecule has 2 aromatic rings. The van der Waals surface area contributed by atoms with Gasteiger partial charge in [0.1, 0.15) is 0 Å². The summed E-state index contributed by atoms with van der Waals surface area (Å²) >= 11 is 0. The van der Waals surface area contributed by atoms with Gasteiger partial charge in [0.2, 0.25) is 11.4 Å². The zero-order chi connectivity index (χ0) is 33.6. The summed E-state index contributed by atoms with van der Waals surface area (Å²) in [6, 6.07) is 6.84. The number of nitrogens with zero attached hydrogens (tertiary/aromatic N) is 3. The van der Waals surface area contributed by atoms with Crippen molar-refractivity contribution < 1.29 is 17.4 Å². The molecule has 4 aliphatic rings. The smallest absolute Gasteiger partial charge is 0.218 e. The lowest BCUT2D eigenvalue weighted by atomic mass is 9.69. The number of H-pyrrole nitrogens is 1. The number of benzene rings is 1. The van der Waals surface area contributed by atoms with E-state index < -0.39 is 0 Å². The lowest BCUT2D eigenvalue weighted by molar-refractivity contribution is -0.385. The van der Waals surface area contributed by atoms with Crippen molar-refractivity contribution in [1.82, 2.24) is 9.88 Å². The van der Waals surface area contributed by atoms with Crippen LogP contribution in [0.5, 0.6) is 0 Å². The number of aromatic amines is 1. The van der Waals surface area contributed by atoms with Crippen LogP contribution in [0.1, 0.15) is 128 Å². The van der Waals surface area contributed by atoms with Crippen molar-refractivity contribution in [3.63, 3.8) is 0 Å². The van der Waals surface area contributed by atoms with E-state index >= 15 is 0 Å². The van der Waals surface area contributed by atoms with Gasteiger partial charge in [-0.1, -0.05) is 73.6 Å². The number of nitrogens with one attached hydrogen (secondary N) is 2. The van der Waals surface area contributed by atoms with Crippen molar-refractivity contribution in [2.24, 2.45) is 9.98 Å². The van der Waals surface area contributed by atoms with Crippen molar-refractivity contribution in [3.05, 3.63) is 97.3 Å². The number of hydrogen-bond acceptors (Lipinski definition) is 3. The van der Waals surface area contributed by atoms with Gasteiger partial charge in [0.05, 0.1) is 28.4 Å². The molecule has 6 rings (SSSR count). The van der Waals surface area contributed by atoms with Crippen LogP contribution in [0.25, 0.3) is 12.2 Å². The molecule has 5 heterocycles. The van der Waals surface area contributed by atoms with Crippen molar-refractivity contribution in [2.45, 2.75) is 112 Å². The number of para-hydroxylation sites is 1. The Morgan fingerprint density at radius 1 is 0.750 bits per heavy atom. The zero-order valence-corrected chi connectivity index (χ0v) is 31.6. The number of hydrogen-bond donors (Lipinski definition) is 2. The minimum absolute atomic E-state index is 0. The van der Waals surface area contributed by atoms with Crippen LogP contribution < -0.4 is 17.4 Å². The standard InChI is InChI=1S/C42H53N5.ClH/c1-11-25-26(12-2)35-23-37-28(14-4)30(16-6)39(45-37)32(24-47(9)10)41-42(17-7,18-8)33-21-19-20-31(40(33)46-41)38-29(15-5)27(13-3)36(44-38)22-34(25)43-35;/h19-24,43H,11-18H2,1-10H3;1H/b32-24-,36-22?,37-23?;. The SMILES string of the molecule is CCC1=C(CC)C2=NC1=Cc1[nH]c(c(CC)c1CC)C=C1[NH+]=C(C(CC)=C1CC)/C(=C/N(C)C)C1=Nc3c2cccc3C1(CC)CC.[Cl-]. The summed E-state index contributed by atoms with van der Waals surface area (Å²) in [6.45, 7) is 18.4. The molecule has 8 bridgehead atoms. The second kappa shape index (κ2) is 14.0. The topological polar surface area (TPSA) is 57.7 Å². The Balaban J connectivity index is 0.00000451. The van der Waals surface area contributed by atoms with Crippen molar-refractivity contribution in [1.29, 1.82) is 0 Å². The van der Waals surface area contributed by atoms with E-state index in [2.05, 4.69) is 121 Å². The van der Waals surface area contributed by atoms with E-state index in [0.29, 0.717) is 0 Å². The Morgan fingerprint density at radius 2 is 1.38 bits per heavy atom. The third-order valence-electron chi connectivity index (χ3n) is 11.0. The number of halogens is 1. The average molecular weight is 664 g/mol. The lowest BCUT2D eigenvalue weighted by Gasteiger charge is -2.31. The molecular weight excluding hydrogens is 610 g/mol. The van der Waals surface area contributed by atoms with Crippen LogP contribution in [0.4, 0.5) is 5.69 Å². The molecule has 0 fully saturated rings. The number of allylic oxidation sites excluding steroid dienone is 5. The van der Waals surface area contributed by atoms with Crippen LogP contribution in [0.3, 0.4) is 0 Å². The highest BCUT2D eigenvalue weighted by molar-refractivity contribution is 6.33. The molecule has 1 aromatic carbocycles. The molecule has 6 heteroatoms. The Bertz CT molecular complexity index is 1880. The fourth-order valence-corrected chi connectivity index (χ4v) is 8.75. The van der Waals surface area contributed by atoms with Gasteiger partial charge in [-0.05, 0) is 85.3 Å². The zero-order valence-electron chi connectivity index (χ0n) is 30.8. The fraction of sp³-hybridized carbons (Fsp3) is 0.452. The number of fused-ring (bicyclic) bond motifs is 5. The van der Waals surface area contributed by atoms with E-state index in [1.165, 1.54) is 73.1 Å². The predicted molar refractivity (Wildman–Crippen MR) is 201 cm³/mol. The van der Waals surface area contributed by atoms with Crippen LogP contribution in [0.15, 0.2) is 73.6 Å². The second-order valence-corrected chi connectivity index (χ2v) is 13.5. The maximum absolute atomic E-state index is 5.72. The highest BCUT2D eigenvalue weighted by Gasteiger charge is 2.47. The first-order valence-electron chi connectivity index (χ1n) is 18.2. The first-order valence-corrected chi connectivity index (χ1v) is 18.2. The van der Waals surface area contributed by atoms with Crippen molar-refractivity contribution in [2.75, 3.05) is 14.1 Å². The van der Waals surface area contributed by atoms with E-state index in [1.54, 1.807) is 0 Å². The summed E-state index contributed by atoms with van der Waals surface area (Å²) in [4.78, 5) is 21.3. The highest BCUT2D eigenvalue weighted by Crippen LogP contribution is 2.50. The second-order valence-electron chi connectivity index (χ2n) is 13.5.